The topological polar surface area (TPSA) is 101 Å². The molecule has 1 aromatic heterocycles. The van der Waals surface area contributed by atoms with Crippen molar-refractivity contribution < 1.29 is 18.3 Å². The van der Waals surface area contributed by atoms with E-state index in [4.69, 9.17) is 5.11 Å². The zero-order valence-electron chi connectivity index (χ0n) is 8.21. The molecule has 1 aromatic rings. The maximum absolute atomic E-state index is 10.9. The molecule has 0 spiro atoms. The van der Waals surface area contributed by atoms with Gasteiger partial charge in [0.15, 0.2) is 6.04 Å². The lowest BCUT2D eigenvalue weighted by Crippen LogP contribution is -2.33. The molecule has 0 radical (unpaired) electrons. The number of aryl methyl sites for hydroxylation is 1. The average Bonchev–Trinajstić information content (AvgIpc) is 2.45. The molecule has 0 aliphatic rings. The fourth-order valence-corrected chi connectivity index (χ4v) is 1.69. The number of hydrogen-bond donors (Lipinski definition) is 2. The third-order valence-corrected chi connectivity index (χ3v) is 2.27. The highest BCUT2D eigenvalue weighted by atomic mass is 32.2. The van der Waals surface area contributed by atoms with Crippen molar-refractivity contribution in [1.29, 1.82) is 0 Å². The van der Waals surface area contributed by atoms with Gasteiger partial charge in [-0.15, -0.1) is 0 Å². The molecule has 0 aliphatic carbocycles. The number of sulfonamides is 1. The largest absolute Gasteiger partial charge is 0.480 e. The minimum absolute atomic E-state index is 0.149. The molecule has 0 saturated carbocycles. The lowest BCUT2D eigenvalue weighted by molar-refractivity contribution is -0.139. The van der Waals surface area contributed by atoms with Gasteiger partial charge in [-0.2, -0.15) is 9.82 Å². The molecule has 7 nitrogen and oxygen atoms in total. The number of nitrogens with zero attached hydrogens (tertiary/aromatic N) is 2. The number of aliphatic carboxylic acids is 1. The van der Waals surface area contributed by atoms with Crippen LogP contribution >= 0.6 is 0 Å². The van der Waals surface area contributed by atoms with Crippen molar-refractivity contribution in [3.05, 3.63) is 18.0 Å². The Morgan fingerprint density at radius 3 is 2.60 bits per heavy atom. The van der Waals surface area contributed by atoms with Gasteiger partial charge in [0.2, 0.25) is 10.0 Å². The summed E-state index contributed by atoms with van der Waals surface area (Å²) in [6, 6.07) is 0.0953. The predicted octanol–water partition coefficient (Wildman–Crippen LogP) is -0.905. The van der Waals surface area contributed by atoms with Gasteiger partial charge in [0, 0.05) is 13.2 Å². The molecule has 2 N–H and O–H groups in total. The summed E-state index contributed by atoms with van der Waals surface area (Å²) >= 11 is 0. The summed E-state index contributed by atoms with van der Waals surface area (Å²) in [5.74, 6) is -1.29. The van der Waals surface area contributed by atoms with E-state index in [-0.39, 0.29) is 5.69 Å². The van der Waals surface area contributed by atoms with E-state index in [2.05, 4.69) is 5.10 Å². The first-order chi connectivity index (χ1) is 6.79. The second-order valence-corrected chi connectivity index (χ2v) is 4.86. The van der Waals surface area contributed by atoms with Crippen LogP contribution in [0.15, 0.2) is 12.3 Å². The summed E-state index contributed by atoms with van der Waals surface area (Å²) in [5, 5.41) is 12.6. The number of rotatable bonds is 4. The summed E-state index contributed by atoms with van der Waals surface area (Å²) in [6.07, 6.45) is 2.43. The maximum atomic E-state index is 10.9. The number of hydrogen-bond acceptors (Lipinski definition) is 4. The SMILES string of the molecule is Cn1ccc(C(NS(C)(=O)=O)C(=O)O)n1. The van der Waals surface area contributed by atoms with Crippen LogP contribution in [0.2, 0.25) is 0 Å². The molecule has 0 bridgehead atoms. The number of aromatic nitrogens is 2. The molecular formula is C7H11N3O4S. The Morgan fingerprint density at radius 1 is 1.67 bits per heavy atom. The first-order valence-electron chi connectivity index (χ1n) is 3.99. The molecular weight excluding hydrogens is 222 g/mol. The Morgan fingerprint density at radius 2 is 2.27 bits per heavy atom. The molecule has 15 heavy (non-hydrogen) atoms. The van der Waals surface area contributed by atoms with Crippen LogP contribution in [0.1, 0.15) is 11.7 Å². The highest BCUT2D eigenvalue weighted by Crippen LogP contribution is 2.10. The molecule has 1 heterocycles. The molecule has 0 aliphatic heterocycles. The van der Waals surface area contributed by atoms with Crippen molar-refractivity contribution in [2.24, 2.45) is 7.05 Å². The zero-order chi connectivity index (χ0) is 11.6. The third kappa shape index (κ3) is 3.33. The molecule has 1 unspecified atom stereocenters. The van der Waals surface area contributed by atoms with E-state index in [1.807, 2.05) is 4.72 Å². The van der Waals surface area contributed by atoms with E-state index in [0.29, 0.717) is 0 Å². The van der Waals surface area contributed by atoms with Crippen LogP contribution in [-0.2, 0) is 21.9 Å². The van der Waals surface area contributed by atoms with Gasteiger partial charge in [0.1, 0.15) is 0 Å². The van der Waals surface area contributed by atoms with Crippen molar-refractivity contribution in [1.82, 2.24) is 14.5 Å². The van der Waals surface area contributed by atoms with Crippen LogP contribution in [-0.4, -0.2) is 35.5 Å². The first-order valence-corrected chi connectivity index (χ1v) is 5.88. The Labute approximate surface area is 86.8 Å². The summed E-state index contributed by atoms with van der Waals surface area (Å²) in [7, 11) is -1.97. The van der Waals surface area contributed by atoms with Crippen LogP contribution in [0.25, 0.3) is 0 Å². The first kappa shape index (κ1) is 11.7. The molecule has 0 saturated heterocycles. The lowest BCUT2D eigenvalue weighted by atomic mass is 10.2. The van der Waals surface area contributed by atoms with Gasteiger partial charge in [-0.3, -0.25) is 9.48 Å². The van der Waals surface area contributed by atoms with Gasteiger partial charge in [-0.05, 0) is 6.07 Å². The normalized spacial score (nSPS) is 13.7. The molecule has 0 amide bonds. The number of carboxylic acid groups (broad SMARTS) is 1. The summed E-state index contributed by atoms with van der Waals surface area (Å²) in [6.45, 7) is 0. The Hall–Kier alpha value is -1.41. The fourth-order valence-electron chi connectivity index (χ4n) is 1.04. The van der Waals surface area contributed by atoms with Gasteiger partial charge in [-0.1, -0.05) is 0 Å². The fraction of sp³-hybridized carbons (Fsp3) is 0.429. The molecule has 1 atom stereocenters. The van der Waals surface area contributed by atoms with Crippen molar-refractivity contribution in [3.8, 4) is 0 Å². The van der Waals surface area contributed by atoms with Crippen LogP contribution in [0.5, 0.6) is 0 Å². The van der Waals surface area contributed by atoms with Gasteiger partial charge in [-0.25, -0.2) is 8.42 Å². The van der Waals surface area contributed by atoms with E-state index >= 15 is 0 Å². The van der Waals surface area contributed by atoms with Gasteiger partial charge in [0.25, 0.3) is 0 Å². The minimum atomic E-state index is -3.59. The van der Waals surface area contributed by atoms with Gasteiger partial charge < -0.3 is 5.11 Å². The van der Waals surface area contributed by atoms with Crippen LogP contribution < -0.4 is 4.72 Å². The highest BCUT2D eigenvalue weighted by molar-refractivity contribution is 7.88. The highest BCUT2D eigenvalue weighted by Gasteiger charge is 2.25. The zero-order valence-corrected chi connectivity index (χ0v) is 9.02. The van der Waals surface area contributed by atoms with E-state index in [1.54, 1.807) is 7.05 Å². The predicted molar refractivity (Wildman–Crippen MR) is 51.6 cm³/mol. The lowest BCUT2D eigenvalue weighted by Gasteiger charge is -2.09. The quantitative estimate of drug-likeness (QED) is 0.701. The summed E-state index contributed by atoms with van der Waals surface area (Å²) in [4.78, 5) is 10.8. The van der Waals surface area contributed by atoms with Crippen LogP contribution in [0.4, 0.5) is 0 Å². The molecule has 8 heteroatoms. The minimum Gasteiger partial charge on any atom is -0.480 e. The number of carbonyl (C=O) groups is 1. The van der Waals surface area contributed by atoms with Gasteiger partial charge in [0.05, 0.1) is 11.9 Å². The maximum Gasteiger partial charge on any atom is 0.328 e. The van der Waals surface area contributed by atoms with E-state index in [0.717, 1.165) is 6.26 Å². The Balaban J connectivity index is 2.99. The standard InChI is InChI=1S/C7H11N3O4S/c1-10-4-3-5(8-10)6(7(11)12)9-15(2,13)14/h3-4,6,9H,1-2H3,(H,11,12). The molecule has 0 aromatic carbocycles. The third-order valence-electron chi connectivity index (χ3n) is 1.61. The monoisotopic (exact) mass is 233 g/mol. The second kappa shape index (κ2) is 3.99. The Kier molecular flexibility index (Phi) is 3.10. The van der Waals surface area contributed by atoms with E-state index in [9.17, 15) is 13.2 Å². The second-order valence-electron chi connectivity index (χ2n) is 3.08. The van der Waals surface area contributed by atoms with E-state index in [1.165, 1.54) is 16.9 Å². The van der Waals surface area contributed by atoms with Crippen molar-refractivity contribution in [2.45, 2.75) is 6.04 Å². The van der Waals surface area contributed by atoms with Crippen LogP contribution in [0.3, 0.4) is 0 Å². The average molecular weight is 233 g/mol. The van der Waals surface area contributed by atoms with Crippen LogP contribution in [0, 0.1) is 0 Å². The summed E-state index contributed by atoms with van der Waals surface area (Å²) in [5.41, 5.74) is 0.149. The van der Waals surface area contributed by atoms with Gasteiger partial charge >= 0.3 is 5.97 Å². The number of nitrogens with one attached hydrogen (secondary N) is 1. The molecule has 1 rings (SSSR count). The van der Waals surface area contributed by atoms with Crippen molar-refractivity contribution in [3.63, 3.8) is 0 Å². The molecule has 0 fully saturated rings. The van der Waals surface area contributed by atoms with E-state index < -0.39 is 22.0 Å². The smallest absolute Gasteiger partial charge is 0.328 e. The summed E-state index contributed by atoms with van der Waals surface area (Å²) < 4.78 is 25.2. The Bertz CT molecular complexity index is 464. The van der Waals surface area contributed by atoms with Crippen molar-refractivity contribution >= 4 is 16.0 Å². The molecule has 84 valence electrons. The number of carboxylic acids is 1. The van der Waals surface area contributed by atoms with Crippen molar-refractivity contribution in [2.75, 3.05) is 6.26 Å².